The molecule has 1 unspecified atom stereocenters. The van der Waals surface area contributed by atoms with Crippen molar-refractivity contribution in [1.82, 2.24) is 14.5 Å². The number of benzene rings is 3. The van der Waals surface area contributed by atoms with Gasteiger partial charge in [0.25, 0.3) is 0 Å². The fourth-order valence-electron chi connectivity index (χ4n) is 5.17. The lowest BCUT2D eigenvalue weighted by Crippen LogP contribution is -2.40. The first-order valence-corrected chi connectivity index (χ1v) is 13.2. The number of amidine groups is 2. The first-order valence-electron chi connectivity index (χ1n) is 13.2. The number of fused-ring (bicyclic) bond motifs is 2. The molecule has 1 aliphatic rings. The molecule has 1 aliphatic heterocycles. The maximum Gasteiger partial charge on any atom is 0.122 e. The van der Waals surface area contributed by atoms with Crippen LogP contribution < -0.4 is 10.5 Å². The van der Waals surface area contributed by atoms with Crippen LogP contribution in [-0.2, 0) is 6.54 Å². The van der Waals surface area contributed by atoms with E-state index in [9.17, 15) is 0 Å². The average Bonchev–Trinajstić information content (AvgIpc) is 3.25. The van der Waals surface area contributed by atoms with Gasteiger partial charge in [-0.25, -0.2) is 4.98 Å². The molecular formula is C30H36N6O. The molecule has 1 fully saturated rings. The second-order valence-corrected chi connectivity index (χ2v) is 10.2. The molecule has 3 aromatic carbocycles. The summed E-state index contributed by atoms with van der Waals surface area (Å²) in [5.41, 5.74) is 9.71. The molecule has 0 radical (unpaired) electrons. The van der Waals surface area contributed by atoms with E-state index >= 15 is 0 Å². The number of rotatable bonds is 7. The number of nitrogen functional groups attached to an aromatic ring is 1. The highest BCUT2D eigenvalue weighted by molar-refractivity contribution is 5.99. The summed E-state index contributed by atoms with van der Waals surface area (Å²) in [5, 5.41) is 17.9. The standard InChI is InChI=1S/C30H36N6O/c1-4-19(2)30-34-27-10-9-26(37-25-11-13-35(14-12-25)20(3)31)17-28(27)36(30)18-21-5-6-22-7-8-23(29(32)33)16-24(22)15-21/h5-10,15-17,19,25,31H,4,11-14,18H2,1-3H3,(H3,32,33). The van der Waals surface area contributed by atoms with Gasteiger partial charge in [0.15, 0.2) is 0 Å². The molecule has 0 bridgehead atoms. The van der Waals surface area contributed by atoms with E-state index in [1.165, 1.54) is 5.56 Å². The highest BCUT2D eigenvalue weighted by Crippen LogP contribution is 2.30. The normalized spacial score (nSPS) is 15.3. The summed E-state index contributed by atoms with van der Waals surface area (Å²) < 4.78 is 8.74. The monoisotopic (exact) mass is 496 g/mol. The van der Waals surface area contributed by atoms with Gasteiger partial charge in [-0.2, -0.15) is 0 Å². The van der Waals surface area contributed by atoms with Crippen molar-refractivity contribution in [2.75, 3.05) is 13.1 Å². The fourth-order valence-corrected chi connectivity index (χ4v) is 5.17. The second kappa shape index (κ2) is 10.2. The van der Waals surface area contributed by atoms with E-state index in [-0.39, 0.29) is 11.9 Å². The van der Waals surface area contributed by atoms with Crippen LogP contribution in [-0.4, -0.2) is 45.3 Å². The quantitative estimate of drug-likeness (QED) is 0.220. The zero-order valence-corrected chi connectivity index (χ0v) is 21.9. The molecule has 0 aliphatic carbocycles. The van der Waals surface area contributed by atoms with Gasteiger partial charge < -0.3 is 19.9 Å². The van der Waals surface area contributed by atoms with E-state index in [0.717, 1.165) is 71.3 Å². The predicted octanol–water partition coefficient (Wildman–Crippen LogP) is 5.88. The minimum Gasteiger partial charge on any atom is -0.490 e. The smallest absolute Gasteiger partial charge is 0.122 e. The van der Waals surface area contributed by atoms with Crippen LogP contribution in [0.15, 0.2) is 54.6 Å². The van der Waals surface area contributed by atoms with Crippen molar-refractivity contribution >= 4 is 33.5 Å². The van der Waals surface area contributed by atoms with Gasteiger partial charge in [-0.15, -0.1) is 0 Å². The minimum absolute atomic E-state index is 0.0816. The van der Waals surface area contributed by atoms with Gasteiger partial charge in [-0.1, -0.05) is 38.1 Å². The molecular weight excluding hydrogens is 460 g/mol. The highest BCUT2D eigenvalue weighted by Gasteiger charge is 2.22. The van der Waals surface area contributed by atoms with Crippen LogP contribution in [0.1, 0.15) is 62.9 Å². The Morgan fingerprint density at radius 2 is 1.81 bits per heavy atom. The molecule has 5 rings (SSSR count). The predicted molar refractivity (Wildman–Crippen MR) is 151 cm³/mol. The van der Waals surface area contributed by atoms with E-state index in [1.807, 2.05) is 31.2 Å². The van der Waals surface area contributed by atoms with Crippen molar-refractivity contribution in [2.24, 2.45) is 5.73 Å². The first kappa shape index (κ1) is 24.8. The SMILES string of the molecule is CCC(C)c1nc2ccc(OC3CCN(C(C)=N)CC3)cc2n1Cc1ccc2ccc(C(=N)N)cc2c1. The molecule has 0 amide bonds. The lowest BCUT2D eigenvalue weighted by Gasteiger charge is -2.32. The molecule has 0 saturated carbocycles. The number of hydrogen-bond acceptors (Lipinski definition) is 4. The van der Waals surface area contributed by atoms with Crippen LogP contribution in [0.4, 0.5) is 0 Å². The number of ether oxygens (including phenoxy) is 1. The third-order valence-corrected chi connectivity index (χ3v) is 7.58. The zero-order chi connectivity index (χ0) is 26.1. The summed E-state index contributed by atoms with van der Waals surface area (Å²) in [6.45, 7) is 8.72. The Morgan fingerprint density at radius 1 is 1.05 bits per heavy atom. The molecule has 7 heteroatoms. The number of imidazole rings is 1. The van der Waals surface area contributed by atoms with E-state index in [2.05, 4.69) is 53.6 Å². The lowest BCUT2D eigenvalue weighted by molar-refractivity contribution is 0.130. The van der Waals surface area contributed by atoms with Crippen LogP contribution in [0.3, 0.4) is 0 Å². The Bertz CT molecular complexity index is 1460. The zero-order valence-electron chi connectivity index (χ0n) is 21.9. The van der Waals surface area contributed by atoms with Crippen LogP contribution in [0.5, 0.6) is 5.75 Å². The van der Waals surface area contributed by atoms with Crippen molar-refractivity contribution in [2.45, 2.75) is 58.6 Å². The van der Waals surface area contributed by atoms with E-state index in [1.54, 1.807) is 0 Å². The lowest BCUT2D eigenvalue weighted by atomic mass is 10.0. The first-order chi connectivity index (χ1) is 17.8. The molecule has 192 valence electrons. The fraction of sp³-hybridized carbons (Fsp3) is 0.367. The van der Waals surface area contributed by atoms with Crippen LogP contribution >= 0.6 is 0 Å². The van der Waals surface area contributed by atoms with Crippen molar-refractivity contribution < 1.29 is 4.74 Å². The third kappa shape index (κ3) is 5.17. The summed E-state index contributed by atoms with van der Waals surface area (Å²) in [6.07, 6.45) is 3.02. The van der Waals surface area contributed by atoms with Crippen molar-refractivity contribution in [3.8, 4) is 5.75 Å². The Kier molecular flexibility index (Phi) is 6.87. The van der Waals surface area contributed by atoms with Gasteiger partial charge in [0.1, 0.15) is 23.5 Å². The molecule has 4 aromatic rings. The number of nitrogens with zero attached hydrogens (tertiary/aromatic N) is 3. The number of nitrogens with one attached hydrogen (secondary N) is 2. The number of hydrogen-bond donors (Lipinski definition) is 3. The summed E-state index contributed by atoms with van der Waals surface area (Å²) in [5.74, 6) is 3.00. The molecule has 1 aromatic heterocycles. The molecule has 0 spiro atoms. The van der Waals surface area contributed by atoms with Gasteiger partial charge in [-0.3, -0.25) is 10.8 Å². The van der Waals surface area contributed by atoms with Gasteiger partial charge >= 0.3 is 0 Å². The van der Waals surface area contributed by atoms with E-state index in [0.29, 0.717) is 18.3 Å². The molecule has 1 atom stereocenters. The summed E-state index contributed by atoms with van der Waals surface area (Å²) in [7, 11) is 0. The van der Waals surface area contributed by atoms with Gasteiger partial charge in [0, 0.05) is 50.0 Å². The largest absolute Gasteiger partial charge is 0.490 e. The summed E-state index contributed by atoms with van der Waals surface area (Å²) in [6, 6.07) is 18.6. The number of aromatic nitrogens is 2. The topological polar surface area (TPSA) is 104 Å². The average molecular weight is 497 g/mol. The van der Waals surface area contributed by atoms with Crippen molar-refractivity contribution in [1.29, 1.82) is 10.8 Å². The number of likely N-dealkylation sites (tertiary alicyclic amines) is 1. The summed E-state index contributed by atoms with van der Waals surface area (Å²) in [4.78, 5) is 7.14. The molecule has 7 nitrogen and oxygen atoms in total. The van der Waals surface area contributed by atoms with Crippen molar-refractivity contribution in [3.63, 3.8) is 0 Å². The highest BCUT2D eigenvalue weighted by atomic mass is 16.5. The van der Waals surface area contributed by atoms with Gasteiger partial charge in [-0.05, 0) is 53.9 Å². The Balaban J connectivity index is 1.47. The third-order valence-electron chi connectivity index (χ3n) is 7.58. The molecule has 4 N–H and O–H groups in total. The second-order valence-electron chi connectivity index (χ2n) is 10.2. The number of piperidine rings is 1. The number of nitrogens with two attached hydrogens (primary N) is 1. The summed E-state index contributed by atoms with van der Waals surface area (Å²) >= 11 is 0. The van der Waals surface area contributed by atoms with Crippen LogP contribution in [0.25, 0.3) is 21.8 Å². The maximum absolute atomic E-state index is 7.87. The van der Waals surface area contributed by atoms with Gasteiger partial charge in [0.05, 0.1) is 16.9 Å². The maximum atomic E-state index is 7.87. The Hall–Kier alpha value is -3.87. The molecule has 1 saturated heterocycles. The van der Waals surface area contributed by atoms with Crippen LogP contribution in [0.2, 0.25) is 0 Å². The Morgan fingerprint density at radius 3 is 2.51 bits per heavy atom. The molecule has 37 heavy (non-hydrogen) atoms. The Labute approximate surface area is 218 Å². The van der Waals surface area contributed by atoms with E-state index in [4.69, 9.17) is 26.3 Å². The van der Waals surface area contributed by atoms with Crippen molar-refractivity contribution in [3.05, 3.63) is 71.5 Å². The molecule has 2 heterocycles. The van der Waals surface area contributed by atoms with Crippen LogP contribution in [0, 0.1) is 10.8 Å². The minimum atomic E-state index is 0.0816. The van der Waals surface area contributed by atoms with Gasteiger partial charge in [0.2, 0.25) is 0 Å². The van der Waals surface area contributed by atoms with E-state index < -0.39 is 0 Å².